The summed E-state index contributed by atoms with van der Waals surface area (Å²) in [6, 6.07) is 0. The third kappa shape index (κ3) is 3.32. The molecule has 0 unspecified atom stereocenters. The third-order valence-electron chi connectivity index (χ3n) is 1.51. The van der Waals surface area contributed by atoms with Crippen LogP contribution < -0.4 is 11.1 Å². The SMILES string of the molecule is NC/C=C/CNC(=O)c1cncnc1. The maximum Gasteiger partial charge on any atom is 0.254 e. The van der Waals surface area contributed by atoms with Gasteiger partial charge in [0.2, 0.25) is 0 Å². The van der Waals surface area contributed by atoms with Gasteiger partial charge in [-0.15, -0.1) is 0 Å². The van der Waals surface area contributed by atoms with E-state index in [0.29, 0.717) is 18.7 Å². The van der Waals surface area contributed by atoms with Gasteiger partial charge in [0.05, 0.1) is 5.56 Å². The summed E-state index contributed by atoms with van der Waals surface area (Å²) in [5.74, 6) is -0.188. The van der Waals surface area contributed by atoms with Crippen LogP contribution in [0, 0.1) is 0 Å². The van der Waals surface area contributed by atoms with Gasteiger partial charge in [0.25, 0.3) is 5.91 Å². The minimum Gasteiger partial charge on any atom is -0.348 e. The van der Waals surface area contributed by atoms with Crippen LogP contribution in [0.25, 0.3) is 0 Å². The number of nitrogens with two attached hydrogens (primary N) is 1. The molecule has 1 aromatic heterocycles. The first-order chi connectivity index (χ1) is 6.84. The van der Waals surface area contributed by atoms with Gasteiger partial charge in [0.15, 0.2) is 0 Å². The fourth-order valence-electron chi connectivity index (χ4n) is 0.850. The summed E-state index contributed by atoms with van der Waals surface area (Å²) in [7, 11) is 0. The van der Waals surface area contributed by atoms with E-state index in [-0.39, 0.29) is 5.91 Å². The molecule has 1 heterocycles. The number of aromatic nitrogens is 2. The first-order valence-corrected chi connectivity index (χ1v) is 4.23. The molecule has 0 aromatic carbocycles. The number of carbonyl (C=O) groups is 1. The van der Waals surface area contributed by atoms with Crippen molar-refractivity contribution in [1.29, 1.82) is 0 Å². The molecular formula is C9H12N4O. The van der Waals surface area contributed by atoms with Gasteiger partial charge in [0, 0.05) is 25.5 Å². The Bertz CT molecular complexity index is 310. The standard InChI is InChI=1S/C9H12N4O/c10-3-1-2-4-13-9(14)8-5-11-7-12-6-8/h1-2,5-7H,3-4,10H2,(H,13,14)/b2-1+. The Morgan fingerprint density at radius 2 is 2.14 bits per heavy atom. The predicted molar refractivity (Wildman–Crippen MR) is 52.6 cm³/mol. The van der Waals surface area contributed by atoms with Crippen LogP contribution in [0.5, 0.6) is 0 Å². The molecule has 3 N–H and O–H groups in total. The Kier molecular flexibility index (Phi) is 4.30. The Morgan fingerprint density at radius 1 is 1.43 bits per heavy atom. The lowest BCUT2D eigenvalue weighted by Crippen LogP contribution is -2.23. The molecule has 0 atom stereocenters. The highest BCUT2D eigenvalue weighted by Crippen LogP contribution is 1.91. The summed E-state index contributed by atoms with van der Waals surface area (Å²) in [6.07, 6.45) is 7.89. The number of hydrogen-bond donors (Lipinski definition) is 2. The number of nitrogens with one attached hydrogen (secondary N) is 1. The summed E-state index contributed by atoms with van der Waals surface area (Å²) < 4.78 is 0. The molecule has 1 amide bonds. The van der Waals surface area contributed by atoms with Crippen molar-refractivity contribution in [2.45, 2.75) is 0 Å². The number of hydrogen-bond acceptors (Lipinski definition) is 4. The van der Waals surface area contributed by atoms with Gasteiger partial charge in [-0.3, -0.25) is 4.79 Å². The fourth-order valence-corrected chi connectivity index (χ4v) is 0.850. The second-order valence-electron chi connectivity index (χ2n) is 2.54. The van der Waals surface area contributed by atoms with Crippen molar-refractivity contribution in [3.05, 3.63) is 36.4 Å². The molecule has 0 radical (unpaired) electrons. The number of nitrogens with zero attached hydrogens (tertiary/aromatic N) is 2. The van der Waals surface area contributed by atoms with Crippen LogP contribution in [-0.4, -0.2) is 29.0 Å². The van der Waals surface area contributed by atoms with Crippen molar-refractivity contribution in [2.24, 2.45) is 5.73 Å². The Labute approximate surface area is 82.1 Å². The quantitative estimate of drug-likeness (QED) is 0.643. The fraction of sp³-hybridized carbons (Fsp3) is 0.222. The minimum atomic E-state index is -0.188. The van der Waals surface area contributed by atoms with E-state index in [2.05, 4.69) is 15.3 Å². The molecule has 0 aliphatic rings. The number of carbonyl (C=O) groups excluding carboxylic acids is 1. The van der Waals surface area contributed by atoms with E-state index in [9.17, 15) is 4.79 Å². The van der Waals surface area contributed by atoms with Crippen LogP contribution in [0.1, 0.15) is 10.4 Å². The second kappa shape index (κ2) is 5.82. The molecule has 0 aliphatic carbocycles. The second-order valence-corrected chi connectivity index (χ2v) is 2.54. The van der Waals surface area contributed by atoms with Crippen LogP contribution in [-0.2, 0) is 0 Å². The van der Waals surface area contributed by atoms with Crippen molar-refractivity contribution in [2.75, 3.05) is 13.1 Å². The zero-order valence-corrected chi connectivity index (χ0v) is 7.68. The van der Waals surface area contributed by atoms with Crippen molar-refractivity contribution in [1.82, 2.24) is 15.3 Å². The highest BCUT2D eigenvalue weighted by atomic mass is 16.1. The van der Waals surface area contributed by atoms with Gasteiger partial charge < -0.3 is 11.1 Å². The molecule has 5 nitrogen and oxygen atoms in total. The maximum atomic E-state index is 11.4. The van der Waals surface area contributed by atoms with Crippen LogP contribution >= 0.6 is 0 Å². The maximum absolute atomic E-state index is 11.4. The summed E-state index contributed by atoms with van der Waals surface area (Å²) in [6.45, 7) is 0.940. The lowest BCUT2D eigenvalue weighted by molar-refractivity contribution is 0.0957. The van der Waals surface area contributed by atoms with Gasteiger partial charge in [-0.05, 0) is 0 Å². The van der Waals surface area contributed by atoms with Crippen molar-refractivity contribution in [3.63, 3.8) is 0 Å². The Balaban J connectivity index is 2.40. The van der Waals surface area contributed by atoms with Crippen LogP contribution in [0.3, 0.4) is 0 Å². The lowest BCUT2D eigenvalue weighted by atomic mass is 10.3. The van der Waals surface area contributed by atoms with E-state index in [0.717, 1.165) is 0 Å². The largest absolute Gasteiger partial charge is 0.348 e. The van der Waals surface area contributed by atoms with Crippen LogP contribution in [0.4, 0.5) is 0 Å². The van der Waals surface area contributed by atoms with Crippen molar-refractivity contribution >= 4 is 5.91 Å². The molecule has 74 valence electrons. The topological polar surface area (TPSA) is 80.9 Å². The Hall–Kier alpha value is -1.75. The zero-order valence-electron chi connectivity index (χ0n) is 7.68. The van der Waals surface area contributed by atoms with E-state index in [1.165, 1.54) is 18.7 Å². The summed E-state index contributed by atoms with van der Waals surface area (Å²) in [4.78, 5) is 18.8. The average molecular weight is 192 g/mol. The number of rotatable bonds is 4. The first kappa shape index (κ1) is 10.3. The van der Waals surface area contributed by atoms with Gasteiger partial charge in [0.1, 0.15) is 6.33 Å². The monoisotopic (exact) mass is 192 g/mol. The smallest absolute Gasteiger partial charge is 0.254 e. The molecule has 0 aliphatic heterocycles. The van der Waals surface area contributed by atoms with E-state index >= 15 is 0 Å². The molecule has 14 heavy (non-hydrogen) atoms. The molecule has 1 aromatic rings. The van der Waals surface area contributed by atoms with E-state index in [4.69, 9.17) is 5.73 Å². The van der Waals surface area contributed by atoms with Crippen molar-refractivity contribution < 1.29 is 4.79 Å². The molecule has 0 saturated carbocycles. The van der Waals surface area contributed by atoms with Crippen molar-refractivity contribution in [3.8, 4) is 0 Å². The molecule has 0 saturated heterocycles. The lowest BCUT2D eigenvalue weighted by Gasteiger charge is -1.99. The number of amides is 1. The highest BCUT2D eigenvalue weighted by Gasteiger charge is 2.02. The highest BCUT2D eigenvalue weighted by molar-refractivity contribution is 5.93. The van der Waals surface area contributed by atoms with Crippen LogP contribution in [0.15, 0.2) is 30.9 Å². The molecule has 0 spiro atoms. The van der Waals surface area contributed by atoms with Gasteiger partial charge in [-0.25, -0.2) is 9.97 Å². The minimum absolute atomic E-state index is 0.188. The third-order valence-corrected chi connectivity index (χ3v) is 1.51. The molecule has 1 rings (SSSR count). The molecule has 0 fully saturated rings. The predicted octanol–water partition coefficient (Wildman–Crippen LogP) is -0.279. The molecular weight excluding hydrogens is 180 g/mol. The average Bonchev–Trinajstić information content (AvgIpc) is 2.25. The molecule has 5 heteroatoms. The normalized spacial score (nSPS) is 10.4. The van der Waals surface area contributed by atoms with Gasteiger partial charge in [-0.1, -0.05) is 12.2 Å². The van der Waals surface area contributed by atoms with Crippen LogP contribution in [0.2, 0.25) is 0 Å². The summed E-state index contributed by atoms with van der Waals surface area (Å²) >= 11 is 0. The van der Waals surface area contributed by atoms with E-state index in [1.807, 2.05) is 0 Å². The van der Waals surface area contributed by atoms with Gasteiger partial charge in [-0.2, -0.15) is 0 Å². The first-order valence-electron chi connectivity index (χ1n) is 4.23. The van der Waals surface area contributed by atoms with Gasteiger partial charge >= 0.3 is 0 Å². The summed E-state index contributed by atoms with van der Waals surface area (Å²) in [5, 5.41) is 2.67. The molecule has 0 bridgehead atoms. The zero-order chi connectivity index (χ0) is 10.2. The summed E-state index contributed by atoms with van der Waals surface area (Å²) in [5.41, 5.74) is 5.69. The van der Waals surface area contributed by atoms with E-state index in [1.54, 1.807) is 12.2 Å². The Morgan fingerprint density at radius 3 is 2.79 bits per heavy atom. The van der Waals surface area contributed by atoms with E-state index < -0.39 is 0 Å².